The van der Waals surface area contributed by atoms with Crippen molar-refractivity contribution in [3.63, 3.8) is 0 Å². The zero-order chi connectivity index (χ0) is 28.5. The number of hydrogen-bond donors (Lipinski definition) is 3. The Balaban J connectivity index is 1.45. The average molecular weight is 545 g/mol. The van der Waals surface area contributed by atoms with Crippen LogP contribution in [0.5, 0.6) is 0 Å². The second kappa shape index (κ2) is 8.02. The molecule has 9 nitrogen and oxygen atoms in total. The normalized spacial score (nSPS) is 52.7. The largest absolute Gasteiger partial charge is 0.458 e. The van der Waals surface area contributed by atoms with Crippen molar-refractivity contribution in [1.29, 1.82) is 0 Å². The van der Waals surface area contributed by atoms with Gasteiger partial charge >= 0.3 is 11.9 Å². The number of cyclic esters (lactones) is 1. The molecule has 1 saturated heterocycles. The van der Waals surface area contributed by atoms with E-state index in [0.717, 1.165) is 5.57 Å². The van der Waals surface area contributed by atoms with Crippen LogP contribution in [0.4, 0.5) is 0 Å². The number of aliphatic hydroxyl groups is 3. The number of esters is 2. The van der Waals surface area contributed by atoms with Crippen molar-refractivity contribution >= 4 is 17.7 Å². The van der Waals surface area contributed by atoms with E-state index < -0.39 is 69.9 Å². The molecule has 12 atom stereocenters. The first-order chi connectivity index (χ1) is 18.1. The van der Waals surface area contributed by atoms with Gasteiger partial charge in [0.1, 0.15) is 29.0 Å². The highest BCUT2D eigenvalue weighted by molar-refractivity contribution is 5.97. The highest BCUT2D eigenvalue weighted by atomic mass is 16.7. The van der Waals surface area contributed by atoms with Gasteiger partial charge in [-0.1, -0.05) is 25.5 Å². The molecule has 0 radical (unpaired) electrons. The molecule has 0 spiro atoms. The van der Waals surface area contributed by atoms with Gasteiger partial charge in [0.15, 0.2) is 11.9 Å². The number of aliphatic hydroxyl groups excluding tert-OH is 1. The lowest BCUT2D eigenvalue weighted by molar-refractivity contribution is -0.295. The van der Waals surface area contributed by atoms with Crippen LogP contribution in [0.3, 0.4) is 0 Å². The fourth-order valence-electron chi connectivity index (χ4n) is 9.78. The third kappa shape index (κ3) is 2.92. The monoisotopic (exact) mass is 544 g/mol. The highest BCUT2D eigenvalue weighted by Gasteiger charge is 2.90. The van der Waals surface area contributed by atoms with Crippen LogP contribution in [0.2, 0.25) is 0 Å². The predicted octanol–water partition coefficient (Wildman–Crippen LogP) is 2.15. The van der Waals surface area contributed by atoms with Gasteiger partial charge in [-0.15, -0.1) is 0 Å². The fourth-order valence-corrected chi connectivity index (χ4v) is 9.78. The van der Waals surface area contributed by atoms with Gasteiger partial charge in [0.25, 0.3) is 0 Å². The van der Waals surface area contributed by atoms with Crippen LogP contribution in [0, 0.1) is 28.6 Å². The Hall–Kier alpha value is -2.07. The number of carbonyl (C=O) groups excluding carboxylic acids is 3. The molecule has 4 fully saturated rings. The molecule has 12 unspecified atom stereocenters. The van der Waals surface area contributed by atoms with Crippen LogP contribution >= 0.6 is 0 Å². The number of epoxide rings is 1. The van der Waals surface area contributed by atoms with Gasteiger partial charge < -0.3 is 29.5 Å². The summed E-state index contributed by atoms with van der Waals surface area (Å²) in [4.78, 5) is 38.4. The fraction of sp³-hybridized carbons (Fsp3) is 0.767. The van der Waals surface area contributed by atoms with Crippen molar-refractivity contribution in [2.24, 2.45) is 28.6 Å². The standard InChI is InChI=1S/C30H40O9/c1-14-12-20(38-25(34)15(14)2)16(3)30-24(39-30)23(37-17(4)31)29(36)19-13-22(33)28(35)10-7-8-21(32)27(28,6)18(19)9-11-26(29,30)5/h7-8,16,18-20,22-24,33,35-36H,9-13H2,1-6H3. The minimum Gasteiger partial charge on any atom is -0.458 e. The van der Waals surface area contributed by atoms with Crippen LogP contribution in [-0.4, -0.2) is 74.3 Å². The van der Waals surface area contributed by atoms with Gasteiger partial charge in [0, 0.05) is 30.3 Å². The number of carbonyl (C=O) groups is 3. The van der Waals surface area contributed by atoms with Crippen molar-refractivity contribution in [1.82, 2.24) is 0 Å². The van der Waals surface area contributed by atoms with E-state index in [4.69, 9.17) is 14.2 Å². The van der Waals surface area contributed by atoms with Gasteiger partial charge in [0.05, 0.1) is 11.5 Å². The van der Waals surface area contributed by atoms with Crippen molar-refractivity contribution in [3.05, 3.63) is 23.3 Å². The maximum atomic E-state index is 13.4. The number of allylic oxidation sites excluding steroid dienone is 1. The topological polar surface area (TPSA) is 143 Å². The Bertz CT molecular complexity index is 1220. The highest BCUT2D eigenvalue weighted by Crippen LogP contribution is 2.77. The Kier molecular flexibility index (Phi) is 5.58. The second-order valence-electron chi connectivity index (χ2n) is 13.5. The predicted molar refractivity (Wildman–Crippen MR) is 137 cm³/mol. The van der Waals surface area contributed by atoms with Crippen LogP contribution < -0.4 is 0 Å². The average Bonchev–Trinajstić information content (AvgIpc) is 3.59. The number of hydrogen-bond acceptors (Lipinski definition) is 9. The Morgan fingerprint density at radius 1 is 1.18 bits per heavy atom. The molecule has 39 heavy (non-hydrogen) atoms. The second-order valence-corrected chi connectivity index (χ2v) is 13.5. The molecule has 2 aliphatic heterocycles. The summed E-state index contributed by atoms with van der Waals surface area (Å²) >= 11 is 0. The van der Waals surface area contributed by atoms with Crippen molar-refractivity contribution < 1.29 is 43.9 Å². The molecule has 0 aromatic carbocycles. The van der Waals surface area contributed by atoms with E-state index >= 15 is 0 Å². The number of fused-ring (bicyclic) bond motifs is 7. The molecular formula is C30H40O9. The first kappa shape index (κ1) is 27.1. The van der Waals surface area contributed by atoms with E-state index in [9.17, 15) is 29.7 Å². The molecule has 6 rings (SSSR count). The minimum absolute atomic E-state index is 0.0539. The summed E-state index contributed by atoms with van der Waals surface area (Å²) in [6.45, 7) is 10.6. The lowest BCUT2D eigenvalue weighted by atomic mass is 9.41. The molecule has 0 aromatic rings. The van der Waals surface area contributed by atoms with Crippen LogP contribution in [0.15, 0.2) is 23.3 Å². The molecule has 0 amide bonds. The van der Waals surface area contributed by atoms with Crippen molar-refractivity contribution in [2.75, 3.05) is 0 Å². The molecular weight excluding hydrogens is 504 g/mol. The third-order valence-electron chi connectivity index (χ3n) is 12.3. The van der Waals surface area contributed by atoms with Crippen LogP contribution in [0.25, 0.3) is 0 Å². The van der Waals surface area contributed by atoms with Gasteiger partial charge in [-0.25, -0.2) is 4.79 Å². The van der Waals surface area contributed by atoms with Crippen LogP contribution in [0.1, 0.15) is 73.6 Å². The van der Waals surface area contributed by atoms with Gasteiger partial charge in [-0.2, -0.15) is 0 Å². The Morgan fingerprint density at radius 3 is 2.51 bits per heavy atom. The van der Waals surface area contributed by atoms with E-state index in [1.54, 1.807) is 19.9 Å². The quantitative estimate of drug-likeness (QED) is 0.360. The maximum absolute atomic E-state index is 13.4. The van der Waals surface area contributed by atoms with E-state index in [1.165, 1.54) is 13.0 Å². The summed E-state index contributed by atoms with van der Waals surface area (Å²) in [6, 6.07) is 0. The van der Waals surface area contributed by atoms with Gasteiger partial charge in [-0.05, 0) is 64.4 Å². The summed E-state index contributed by atoms with van der Waals surface area (Å²) < 4.78 is 18.2. The molecule has 9 heteroatoms. The summed E-state index contributed by atoms with van der Waals surface area (Å²) in [5.41, 5.74) is -4.96. The molecule has 2 heterocycles. The van der Waals surface area contributed by atoms with E-state index in [2.05, 4.69) is 0 Å². The SMILES string of the molecule is CC(=O)OC1C2OC2(C(C)C2CC(C)=C(C)C(=O)O2)C2(C)CCC3C(CC(O)C4(O)CC=CC(=O)C34C)C12O. The van der Waals surface area contributed by atoms with E-state index in [0.29, 0.717) is 24.8 Å². The summed E-state index contributed by atoms with van der Waals surface area (Å²) in [5, 5.41) is 36.0. The summed E-state index contributed by atoms with van der Waals surface area (Å²) in [7, 11) is 0. The molecule has 4 aliphatic carbocycles. The van der Waals surface area contributed by atoms with Gasteiger partial charge in [0.2, 0.25) is 0 Å². The number of ketones is 1. The Morgan fingerprint density at radius 2 is 1.87 bits per heavy atom. The number of ether oxygens (including phenoxy) is 3. The lowest BCUT2D eigenvalue weighted by Gasteiger charge is -2.66. The summed E-state index contributed by atoms with van der Waals surface area (Å²) in [5.74, 6) is -2.63. The zero-order valence-electron chi connectivity index (χ0n) is 23.5. The zero-order valence-corrected chi connectivity index (χ0v) is 23.5. The third-order valence-corrected chi connectivity index (χ3v) is 12.3. The minimum atomic E-state index is -1.65. The molecule has 3 N–H and O–H groups in total. The molecule has 0 bridgehead atoms. The van der Waals surface area contributed by atoms with E-state index in [-0.39, 0.29) is 30.5 Å². The maximum Gasteiger partial charge on any atom is 0.333 e. The van der Waals surface area contributed by atoms with Gasteiger partial charge in [-0.3, -0.25) is 9.59 Å². The first-order valence-corrected chi connectivity index (χ1v) is 14.2. The molecule has 214 valence electrons. The van der Waals surface area contributed by atoms with Crippen molar-refractivity contribution in [3.8, 4) is 0 Å². The first-order valence-electron chi connectivity index (χ1n) is 14.2. The lowest BCUT2D eigenvalue weighted by Crippen LogP contribution is -2.75. The van der Waals surface area contributed by atoms with Crippen molar-refractivity contribution in [2.45, 2.75) is 115 Å². The molecule has 6 aliphatic rings. The number of rotatable bonds is 3. The Labute approximate surface area is 228 Å². The summed E-state index contributed by atoms with van der Waals surface area (Å²) in [6.07, 6.45) is 1.36. The van der Waals surface area contributed by atoms with E-state index in [1.807, 2.05) is 20.8 Å². The molecule has 0 aromatic heterocycles. The smallest absolute Gasteiger partial charge is 0.333 e. The van der Waals surface area contributed by atoms with Crippen LogP contribution in [-0.2, 0) is 28.6 Å². The molecule has 3 saturated carbocycles.